The van der Waals surface area contributed by atoms with Gasteiger partial charge in [0.2, 0.25) is 0 Å². The average molecular weight is 261 g/mol. The summed E-state index contributed by atoms with van der Waals surface area (Å²) in [5.41, 5.74) is 0. The molecule has 1 N–H and O–H groups in total. The van der Waals surface area contributed by atoms with Crippen LogP contribution in [0.15, 0.2) is 22.8 Å². The minimum atomic E-state index is 0.497. The van der Waals surface area contributed by atoms with Crippen LogP contribution in [-0.2, 0) is 0 Å². The van der Waals surface area contributed by atoms with Crippen LogP contribution in [0.4, 0.5) is 0 Å². The fraction of sp³-hybridized carbons (Fsp3) is 0.467. The average Bonchev–Trinajstić information content (AvgIpc) is 2.89. The van der Waals surface area contributed by atoms with E-state index in [9.17, 15) is 0 Å². The van der Waals surface area contributed by atoms with E-state index in [1.165, 1.54) is 0 Å². The highest BCUT2D eigenvalue weighted by Gasteiger charge is 2.22. The van der Waals surface area contributed by atoms with E-state index < -0.39 is 0 Å². The Kier molecular flexibility index (Phi) is 3.34. The van der Waals surface area contributed by atoms with Crippen LogP contribution in [0.1, 0.15) is 24.5 Å². The molecule has 102 valence electrons. The first-order valence-corrected chi connectivity index (χ1v) is 6.67. The lowest BCUT2D eigenvalue weighted by molar-refractivity contribution is 0.355. The molecule has 2 aromatic rings. The second-order valence-corrected chi connectivity index (χ2v) is 4.92. The van der Waals surface area contributed by atoms with Gasteiger partial charge in [-0.15, -0.1) is 0 Å². The van der Waals surface area contributed by atoms with E-state index in [0.29, 0.717) is 5.92 Å². The van der Waals surface area contributed by atoms with Gasteiger partial charge in [-0.25, -0.2) is 0 Å². The van der Waals surface area contributed by atoms with Crippen LogP contribution in [0, 0.1) is 0 Å². The third-order valence-electron chi connectivity index (χ3n) is 3.84. The molecule has 1 aromatic carbocycles. The molecule has 2 heterocycles. The SMILES string of the molecule is COc1cc2coc(C3CCNCC3)c2cc1OC. The van der Waals surface area contributed by atoms with Crippen LogP contribution in [0.3, 0.4) is 0 Å². The summed E-state index contributed by atoms with van der Waals surface area (Å²) in [6.45, 7) is 2.11. The van der Waals surface area contributed by atoms with Gasteiger partial charge in [-0.05, 0) is 38.1 Å². The zero-order chi connectivity index (χ0) is 13.2. The summed E-state index contributed by atoms with van der Waals surface area (Å²) in [4.78, 5) is 0. The molecule has 19 heavy (non-hydrogen) atoms. The first kappa shape index (κ1) is 12.4. The maximum Gasteiger partial charge on any atom is 0.161 e. The van der Waals surface area contributed by atoms with E-state index in [2.05, 4.69) is 5.32 Å². The summed E-state index contributed by atoms with van der Waals surface area (Å²) in [6, 6.07) is 4.00. The standard InChI is InChI=1S/C15H19NO3/c1-17-13-7-11-9-19-15(10-3-5-16-6-4-10)12(11)8-14(13)18-2/h7-10,16H,3-6H2,1-2H3. The molecule has 0 amide bonds. The molecular weight excluding hydrogens is 242 g/mol. The smallest absolute Gasteiger partial charge is 0.161 e. The van der Waals surface area contributed by atoms with Crippen molar-refractivity contribution in [2.45, 2.75) is 18.8 Å². The van der Waals surface area contributed by atoms with E-state index >= 15 is 0 Å². The second kappa shape index (κ2) is 5.13. The van der Waals surface area contributed by atoms with Crippen molar-refractivity contribution in [3.63, 3.8) is 0 Å². The van der Waals surface area contributed by atoms with E-state index in [1.807, 2.05) is 18.4 Å². The van der Waals surface area contributed by atoms with Crippen molar-refractivity contribution in [1.29, 1.82) is 0 Å². The van der Waals surface area contributed by atoms with Gasteiger partial charge in [0.25, 0.3) is 0 Å². The number of methoxy groups -OCH3 is 2. The highest BCUT2D eigenvalue weighted by molar-refractivity contribution is 5.88. The van der Waals surface area contributed by atoms with Gasteiger partial charge in [0.1, 0.15) is 5.76 Å². The third kappa shape index (κ3) is 2.16. The predicted molar refractivity (Wildman–Crippen MR) is 74.2 cm³/mol. The number of benzene rings is 1. The maximum atomic E-state index is 5.81. The maximum absolute atomic E-state index is 5.81. The van der Waals surface area contributed by atoms with Gasteiger partial charge in [0, 0.05) is 16.7 Å². The van der Waals surface area contributed by atoms with E-state index in [4.69, 9.17) is 13.9 Å². The molecule has 1 aliphatic rings. The number of hydrogen-bond donors (Lipinski definition) is 1. The Morgan fingerprint density at radius 3 is 2.47 bits per heavy atom. The molecule has 0 atom stereocenters. The van der Waals surface area contributed by atoms with Crippen molar-refractivity contribution >= 4 is 10.8 Å². The van der Waals surface area contributed by atoms with Gasteiger partial charge in [0.15, 0.2) is 11.5 Å². The number of hydrogen-bond acceptors (Lipinski definition) is 4. The summed E-state index contributed by atoms with van der Waals surface area (Å²) >= 11 is 0. The zero-order valence-corrected chi connectivity index (χ0v) is 11.4. The lowest BCUT2D eigenvalue weighted by Crippen LogP contribution is -2.26. The Hall–Kier alpha value is -1.68. The summed E-state index contributed by atoms with van der Waals surface area (Å²) in [5, 5.41) is 5.60. The molecule has 1 aromatic heterocycles. The van der Waals surface area contributed by atoms with Crippen LogP contribution >= 0.6 is 0 Å². The Labute approximate surface area is 112 Å². The van der Waals surface area contributed by atoms with Crippen molar-refractivity contribution in [2.75, 3.05) is 27.3 Å². The van der Waals surface area contributed by atoms with Gasteiger partial charge in [-0.3, -0.25) is 0 Å². The summed E-state index contributed by atoms with van der Waals surface area (Å²) in [6.07, 6.45) is 4.06. The Morgan fingerprint density at radius 1 is 1.11 bits per heavy atom. The van der Waals surface area contributed by atoms with Gasteiger partial charge in [0.05, 0.1) is 20.5 Å². The molecule has 0 aliphatic carbocycles. The lowest BCUT2D eigenvalue weighted by Gasteiger charge is -2.21. The fourth-order valence-electron chi connectivity index (χ4n) is 2.80. The fourth-order valence-corrected chi connectivity index (χ4v) is 2.80. The van der Waals surface area contributed by atoms with E-state index in [-0.39, 0.29) is 0 Å². The number of ether oxygens (including phenoxy) is 2. The van der Waals surface area contributed by atoms with Crippen LogP contribution in [0.25, 0.3) is 10.8 Å². The Bertz CT molecular complexity index is 570. The molecule has 0 unspecified atom stereocenters. The minimum Gasteiger partial charge on any atom is -0.493 e. The van der Waals surface area contributed by atoms with Crippen LogP contribution in [0.2, 0.25) is 0 Å². The Balaban J connectivity index is 2.06. The molecule has 0 radical (unpaired) electrons. The topological polar surface area (TPSA) is 43.6 Å². The zero-order valence-electron chi connectivity index (χ0n) is 11.4. The molecule has 4 heteroatoms. The molecular formula is C15H19NO3. The highest BCUT2D eigenvalue weighted by atomic mass is 16.5. The number of nitrogens with one attached hydrogen (secondary N) is 1. The van der Waals surface area contributed by atoms with Crippen molar-refractivity contribution in [2.24, 2.45) is 0 Å². The van der Waals surface area contributed by atoms with Gasteiger partial charge < -0.3 is 19.2 Å². The number of rotatable bonds is 3. The van der Waals surface area contributed by atoms with Gasteiger partial charge in [-0.1, -0.05) is 0 Å². The van der Waals surface area contributed by atoms with Crippen LogP contribution in [-0.4, -0.2) is 27.3 Å². The van der Waals surface area contributed by atoms with Crippen molar-refractivity contribution in [1.82, 2.24) is 5.32 Å². The van der Waals surface area contributed by atoms with Crippen LogP contribution in [0.5, 0.6) is 11.5 Å². The van der Waals surface area contributed by atoms with Crippen LogP contribution < -0.4 is 14.8 Å². The number of furan rings is 1. The largest absolute Gasteiger partial charge is 0.493 e. The van der Waals surface area contributed by atoms with Gasteiger partial charge >= 0.3 is 0 Å². The molecule has 0 spiro atoms. The van der Waals surface area contributed by atoms with Crippen molar-refractivity contribution in [3.05, 3.63) is 24.2 Å². The second-order valence-electron chi connectivity index (χ2n) is 4.92. The Morgan fingerprint density at radius 2 is 1.79 bits per heavy atom. The third-order valence-corrected chi connectivity index (χ3v) is 3.84. The van der Waals surface area contributed by atoms with Crippen molar-refractivity contribution in [3.8, 4) is 11.5 Å². The van der Waals surface area contributed by atoms with E-state index in [1.54, 1.807) is 14.2 Å². The molecule has 0 bridgehead atoms. The molecule has 1 aliphatic heterocycles. The predicted octanol–water partition coefficient (Wildman–Crippen LogP) is 2.92. The number of fused-ring (bicyclic) bond motifs is 1. The molecule has 3 rings (SSSR count). The molecule has 1 fully saturated rings. The summed E-state index contributed by atoms with van der Waals surface area (Å²) in [5.74, 6) is 3.08. The number of piperidine rings is 1. The first-order valence-electron chi connectivity index (χ1n) is 6.67. The minimum absolute atomic E-state index is 0.497. The molecule has 0 saturated carbocycles. The first-order chi connectivity index (χ1) is 9.33. The normalized spacial score (nSPS) is 16.7. The van der Waals surface area contributed by atoms with E-state index in [0.717, 1.165) is 54.0 Å². The lowest BCUT2D eigenvalue weighted by atomic mass is 9.93. The molecule has 1 saturated heterocycles. The van der Waals surface area contributed by atoms with Gasteiger partial charge in [-0.2, -0.15) is 0 Å². The summed E-state index contributed by atoms with van der Waals surface area (Å²) in [7, 11) is 3.31. The monoisotopic (exact) mass is 261 g/mol. The van der Waals surface area contributed by atoms with Crippen molar-refractivity contribution < 1.29 is 13.9 Å². The molecule has 4 nitrogen and oxygen atoms in total. The summed E-state index contributed by atoms with van der Waals surface area (Å²) < 4.78 is 16.5. The quantitative estimate of drug-likeness (QED) is 0.922. The highest BCUT2D eigenvalue weighted by Crippen LogP contribution is 2.38.